The summed E-state index contributed by atoms with van der Waals surface area (Å²) in [7, 11) is 0. The highest BCUT2D eigenvalue weighted by Crippen LogP contribution is 2.43. The third kappa shape index (κ3) is 2.65. The van der Waals surface area contributed by atoms with Crippen LogP contribution < -0.4 is 5.73 Å². The van der Waals surface area contributed by atoms with Crippen molar-refractivity contribution in [1.82, 2.24) is 9.97 Å². The lowest BCUT2D eigenvalue weighted by Gasteiger charge is -2.28. The number of aromatic nitrogens is 2. The summed E-state index contributed by atoms with van der Waals surface area (Å²) in [6.07, 6.45) is 2.91. The van der Waals surface area contributed by atoms with Gasteiger partial charge in [-0.15, -0.1) is 11.8 Å². The third-order valence-electron chi connectivity index (χ3n) is 2.50. The summed E-state index contributed by atoms with van der Waals surface area (Å²) in [6.45, 7) is 2.22. The van der Waals surface area contributed by atoms with Crippen LogP contribution in [0.5, 0.6) is 0 Å². The zero-order chi connectivity index (χ0) is 11.5. The van der Waals surface area contributed by atoms with Crippen LogP contribution in [0.4, 0.5) is 5.82 Å². The Labute approximate surface area is 113 Å². The molecule has 1 aromatic heterocycles. The fourth-order valence-corrected chi connectivity index (χ4v) is 4.86. The van der Waals surface area contributed by atoms with Crippen molar-refractivity contribution in [3.05, 3.63) is 16.5 Å². The Balaban J connectivity index is 2.23. The number of hydrogen-bond acceptors (Lipinski definition) is 5. The Hall–Kier alpha value is 0.0600. The topological polar surface area (TPSA) is 51.8 Å². The van der Waals surface area contributed by atoms with E-state index in [9.17, 15) is 0 Å². The minimum Gasteiger partial charge on any atom is -0.383 e. The van der Waals surface area contributed by atoms with Gasteiger partial charge in [-0.25, -0.2) is 9.97 Å². The molecule has 1 aliphatic heterocycles. The van der Waals surface area contributed by atoms with E-state index in [0.717, 1.165) is 16.7 Å². The Kier molecular flexibility index (Phi) is 4.38. The second kappa shape index (κ2) is 5.60. The molecular formula is C10H14BrN3S2. The lowest BCUT2D eigenvalue weighted by Crippen LogP contribution is -2.20. The first-order chi connectivity index (χ1) is 7.72. The van der Waals surface area contributed by atoms with Gasteiger partial charge in [0.25, 0.3) is 0 Å². The highest BCUT2D eigenvalue weighted by atomic mass is 79.9. The molecule has 6 heteroatoms. The maximum Gasteiger partial charge on any atom is 0.144 e. The number of anilines is 1. The molecule has 0 spiro atoms. The maximum atomic E-state index is 5.80. The van der Waals surface area contributed by atoms with E-state index < -0.39 is 0 Å². The standard InChI is InChI=1S/C10H14BrN3S2/c1-2-7-8(16-4-3-15-7)10-13-5-6(11)9(12)14-10/h5,7-8H,2-4H2,1H3,(H2,12,13,14). The Morgan fingerprint density at radius 2 is 2.25 bits per heavy atom. The normalized spacial score (nSPS) is 25.6. The zero-order valence-corrected chi connectivity index (χ0v) is 12.2. The summed E-state index contributed by atoms with van der Waals surface area (Å²) >= 11 is 7.29. The third-order valence-corrected chi connectivity index (χ3v) is 6.35. The van der Waals surface area contributed by atoms with Crippen LogP contribution in [0.3, 0.4) is 0 Å². The molecule has 1 aromatic rings. The van der Waals surface area contributed by atoms with Crippen molar-refractivity contribution in [1.29, 1.82) is 0 Å². The summed E-state index contributed by atoms with van der Waals surface area (Å²) in [6, 6.07) is 0. The number of thioether (sulfide) groups is 2. The predicted octanol–water partition coefficient (Wildman–Crippen LogP) is 3.12. The Morgan fingerprint density at radius 1 is 1.50 bits per heavy atom. The van der Waals surface area contributed by atoms with E-state index in [1.807, 2.05) is 23.5 Å². The van der Waals surface area contributed by atoms with E-state index in [1.54, 1.807) is 6.20 Å². The smallest absolute Gasteiger partial charge is 0.144 e. The second-order valence-electron chi connectivity index (χ2n) is 3.57. The van der Waals surface area contributed by atoms with E-state index in [4.69, 9.17) is 5.73 Å². The van der Waals surface area contributed by atoms with Crippen LogP contribution in [0.15, 0.2) is 10.7 Å². The quantitative estimate of drug-likeness (QED) is 0.907. The molecule has 0 bridgehead atoms. The number of hydrogen-bond donors (Lipinski definition) is 1. The van der Waals surface area contributed by atoms with Crippen LogP contribution in [-0.2, 0) is 0 Å². The molecule has 16 heavy (non-hydrogen) atoms. The van der Waals surface area contributed by atoms with Crippen molar-refractivity contribution in [3.8, 4) is 0 Å². The molecule has 2 rings (SSSR count). The van der Waals surface area contributed by atoms with E-state index >= 15 is 0 Å². The summed E-state index contributed by atoms with van der Waals surface area (Å²) in [4.78, 5) is 8.77. The molecule has 0 aromatic carbocycles. The highest BCUT2D eigenvalue weighted by Gasteiger charge is 2.28. The van der Waals surface area contributed by atoms with Gasteiger partial charge in [0.05, 0.1) is 9.72 Å². The minimum absolute atomic E-state index is 0.388. The van der Waals surface area contributed by atoms with Gasteiger partial charge in [0.1, 0.15) is 11.6 Å². The summed E-state index contributed by atoms with van der Waals surface area (Å²) in [5.74, 6) is 3.82. The molecule has 88 valence electrons. The number of nitrogens with two attached hydrogens (primary N) is 1. The zero-order valence-electron chi connectivity index (χ0n) is 9.02. The molecule has 2 unspecified atom stereocenters. The Morgan fingerprint density at radius 3 is 2.94 bits per heavy atom. The van der Waals surface area contributed by atoms with Crippen LogP contribution in [0, 0.1) is 0 Å². The monoisotopic (exact) mass is 319 g/mol. The highest BCUT2D eigenvalue weighted by molar-refractivity contribution is 9.10. The molecule has 1 saturated heterocycles. The first-order valence-corrected chi connectivity index (χ1v) is 8.12. The average Bonchev–Trinajstić information content (AvgIpc) is 2.32. The van der Waals surface area contributed by atoms with Crippen LogP contribution >= 0.6 is 39.5 Å². The molecule has 1 fully saturated rings. The van der Waals surface area contributed by atoms with Crippen LogP contribution in [0.2, 0.25) is 0 Å². The second-order valence-corrected chi connectivity index (χ2v) is 7.02. The van der Waals surface area contributed by atoms with Crippen molar-refractivity contribution >= 4 is 45.3 Å². The molecule has 0 radical (unpaired) electrons. The number of nitrogen functional groups attached to an aromatic ring is 1. The van der Waals surface area contributed by atoms with Crippen molar-refractivity contribution in [2.45, 2.75) is 23.8 Å². The van der Waals surface area contributed by atoms with Gasteiger partial charge in [-0.3, -0.25) is 0 Å². The van der Waals surface area contributed by atoms with Gasteiger partial charge < -0.3 is 5.73 Å². The first kappa shape index (κ1) is 12.5. The largest absolute Gasteiger partial charge is 0.383 e. The molecule has 0 aliphatic carbocycles. The summed E-state index contributed by atoms with van der Waals surface area (Å²) < 4.78 is 0.776. The van der Waals surface area contributed by atoms with Gasteiger partial charge >= 0.3 is 0 Å². The van der Waals surface area contributed by atoms with Crippen molar-refractivity contribution in [2.75, 3.05) is 17.2 Å². The van der Waals surface area contributed by atoms with Crippen LogP contribution in [-0.4, -0.2) is 26.7 Å². The molecular weight excluding hydrogens is 306 g/mol. The van der Waals surface area contributed by atoms with E-state index in [1.165, 1.54) is 11.5 Å². The first-order valence-electron chi connectivity index (χ1n) is 5.23. The molecule has 0 amide bonds. The van der Waals surface area contributed by atoms with Gasteiger partial charge in [0.2, 0.25) is 0 Å². The SMILES string of the molecule is CCC1SCCSC1c1ncc(Br)c(N)n1. The van der Waals surface area contributed by atoms with Gasteiger partial charge in [-0.2, -0.15) is 11.8 Å². The molecule has 2 atom stereocenters. The number of nitrogens with zero attached hydrogens (tertiary/aromatic N) is 2. The molecule has 3 nitrogen and oxygen atoms in total. The van der Waals surface area contributed by atoms with Crippen molar-refractivity contribution in [2.24, 2.45) is 0 Å². The lowest BCUT2D eigenvalue weighted by atomic mass is 10.2. The number of rotatable bonds is 2. The van der Waals surface area contributed by atoms with Gasteiger partial charge in [0, 0.05) is 23.0 Å². The summed E-state index contributed by atoms with van der Waals surface area (Å²) in [5.41, 5.74) is 5.80. The van der Waals surface area contributed by atoms with E-state index in [0.29, 0.717) is 16.3 Å². The predicted molar refractivity (Wildman–Crippen MR) is 75.9 cm³/mol. The van der Waals surface area contributed by atoms with Crippen LogP contribution in [0.25, 0.3) is 0 Å². The van der Waals surface area contributed by atoms with Gasteiger partial charge in [-0.1, -0.05) is 6.92 Å². The molecule has 0 saturated carbocycles. The van der Waals surface area contributed by atoms with E-state index in [-0.39, 0.29) is 0 Å². The maximum absolute atomic E-state index is 5.80. The fraction of sp³-hybridized carbons (Fsp3) is 0.600. The number of halogens is 1. The molecule has 2 heterocycles. The van der Waals surface area contributed by atoms with Crippen molar-refractivity contribution < 1.29 is 0 Å². The summed E-state index contributed by atoms with van der Waals surface area (Å²) in [5, 5.41) is 0.999. The molecule has 2 N–H and O–H groups in total. The van der Waals surface area contributed by atoms with Gasteiger partial charge in [0.15, 0.2) is 0 Å². The lowest BCUT2D eigenvalue weighted by molar-refractivity contribution is 0.750. The van der Waals surface area contributed by atoms with Gasteiger partial charge in [-0.05, 0) is 22.4 Å². The molecule has 1 aliphatic rings. The average molecular weight is 320 g/mol. The van der Waals surface area contributed by atoms with E-state index in [2.05, 4.69) is 32.8 Å². The minimum atomic E-state index is 0.388. The van der Waals surface area contributed by atoms with Crippen molar-refractivity contribution in [3.63, 3.8) is 0 Å². The Bertz CT molecular complexity index is 375. The fourth-order valence-electron chi connectivity index (χ4n) is 1.67. The van der Waals surface area contributed by atoms with Crippen LogP contribution in [0.1, 0.15) is 24.4 Å².